The van der Waals surface area contributed by atoms with Crippen molar-refractivity contribution in [2.75, 3.05) is 38.2 Å². The Hall–Kier alpha value is -0.880. The number of ether oxygens (including phenoxy) is 1. The van der Waals surface area contributed by atoms with Crippen molar-refractivity contribution in [3.63, 3.8) is 0 Å². The molecule has 0 saturated carbocycles. The summed E-state index contributed by atoms with van der Waals surface area (Å²) in [6.45, 7) is 6.43. The van der Waals surface area contributed by atoms with E-state index in [0.717, 1.165) is 24.5 Å². The molecule has 8 heteroatoms. The molecule has 1 aliphatic rings. The molecule has 0 unspecified atom stereocenters. The van der Waals surface area contributed by atoms with Crippen LogP contribution in [-0.4, -0.2) is 54.1 Å². The highest BCUT2D eigenvalue weighted by Crippen LogP contribution is 2.34. The Bertz CT molecular complexity index is 585. The third-order valence-corrected chi connectivity index (χ3v) is 4.84. The first-order chi connectivity index (χ1) is 11.7. The van der Waals surface area contributed by atoms with Gasteiger partial charge < -0.3 is 15.0 Å². The molecule has 0 radical (unpaired) electrons. The highest BCUT2D eigenvalue weighted by atomic mass is 35.6. The Labute approximate surface area is 164 Å². The lowest BCUT2D eigenvalue weighted by Gasteiger charge is -2.42. The fraction of sp³-hybridized carbons (Fsp3) is 0.588. The van der Waals surface area contributed by atoms with Gasteiger partial charge in [-0.3, -0.25) is 9.69 Å². The van der Waals surface area contributed by atoms with Crippen molar-refractivity contribution in [1.82, 2.24) is 10.2 Å². The molecule has 1 aromatic carbocycles. The Kier molecular flexibility index (Phi) is 7.09. The molecule has 140 valence electrons. The number of nitrogens with one attached hydrogen (secondary N) is 1. The smallest absolute Gasteiger partial charge is 0.223 e. The van der Waals surface area contributed by atoms with Crippen LogP contribution in [0.4, 0.5) is 5.69 Å². The molecule has 1 aromatic rings. The monoisotopic (exact) mass is 407 g/mol. The second kappa shape index (κ2) is 8.67. The fourth-order valence-corrected chi connectivity index (χ4v) is 3.37. The molecule has 0 spiro atoms. The average Bonchev–Trinajstić information content (AvgIpc) is 2.58. The highest BCUT2D eigenvalue weighted by Gasteiger charge is 2.40. The number of benzene rings is 1. The molecule has 1 atom stereocenters. The van der Waals surface area contributed by atoms with E-state index >= 15 is 0 Å². The first-order valence-electron chi connectivity index (χ1n) is 8.23. The maximum Gasteiger partial charge on any atom is 0.223 e. The van der Waals surface area contributed by atoms with Crippen molar-refractivity contribution in [2.24, 2.45) is 5.92 Å². The van der Waals surface area contributed by atoms with Crippen LogP contribution in [0.15, 0.2) is 24.3 Å². The van der Waals surface area contributed by atoms with Crippen LogP contribution in [0.25, 0.3) is 0 Å². The topological polar surface area (TPSA) is 44.8 Å². The Morgan fingerprint density at radius 2 is 1.76 bits per heavy atom. The van der Waals surface area contributed by atoms with Gasteiger partial charge in [-0.15, -0.1) is 0 Å². The number of rotatable bonds is 5. The fourth-order valence-electron chi connectivity index (χ4n) is 2.79. The van der Waals surface area contributed by atoms with Crippen LogP contribution in [-0.2, 0) is 4.79 Å². The largest absolute Gasteiger partial charge is 0.495 e. The van der Waals surface area contributed by atoms with E-state index < -0.39 is 9.96 Å². The standard InChI is InChI=1S/C17H24Cl3N3O2/c1-12(2)15(24)21-16(17(18,19)20)23-10-8-22(9-11-23)13-6-4-5-7-14(13)25-3/h4-7,12,16H,8-11H2,1-3H3,(H,21,24)/t16-/m0/s1. The SMILES string of the molecule is COc1ccccc1N1CCN([C@H](NC(=O)C(C)C)C(Cl)(Cl)Cl)CC1. The molecule has 1 heterocycles. The Balaban J connectivity index is 2.06. The molecule has 1 saturated heterocycles. The van der Waals surface area contributed by atoms with E-state index in [1.807, 2.05) is 43.0 Å². The van der Waals surface area contributed by atoms with Gasteiger partial charge in [0, 0.05) is 32.1 Å². The molecule has 25 heavy (non-hydrogen) atoms. The summed E-state index contributed by atoms with van der Waals surface area (Å²) in [5, 5.41) is 2.85. The summed E-state index contributed by atoms with van der Waals surface area (Å²) in [6.07, 6.45) is -0.660. The minimum absolute atomic E-state index is 0.136. The number of methoxy groups -OCH3 is 1. The number of hydrogen-bond donors (Lipinski definition) is 1. The van der Waals surface area contributed by atoms with E-state index in [0.29, 0.717) is 13.1 Å². The van der Waals surface area contributed by atoms with E-state index in [2.05, 4.69) is 10.2 Å². The summed E-state index contributed by atoms with van der Waals surface area (Å²) in [7, 11) is 1.66. The molecule has 1 amide bonds. The number of carbonyl (C=O) groups is 1. The molecule has 2 rings (SSSR count). The number of hydrogen-bond acceptors (Lipinski definition) is 4. The molecule has 1 aliphatic heterocycles. The van der Waals surface area contributed by atoms with Crippen molar-refractivity contribution in [3.8, 4) is 5.75 Å². The first-order valence-corrected chi connectivity index (χ1v) is 9.36. The van der Waals surface area contributed by atoms with Crippen LogP contribution in [0.3, 0.4) is 0 Å². The quantitative estimate of drug-likeness (QED) is 0.759. The summed E-state index contributed by atoms with van der Waals surface area (Å²) in [6, 6.07) is 7.90. The van der Waals surface area contributed by atoms with Crippen molar-refractivity contribution >= 4 is 46.4 Å². The van der Waals surface area contributed by atoms with Gasteiger partial charge in [0.2, 0.25) is 9.70 Å². The summed E-state index contributed by atoms with van der Waals surface area (Å²) < 4.78 is 3.83. The highest BCUT2D eigenvalue weighted by molar-refractivity contribution is 6.68. The normalized spacial score (nSPS) is 17.5. The van der Waals surface area contributed by atoms with Crippen molar-refractivity contribution < 1.29 is 9.53 Å². The Morgan fingerprint density at radius 1 is 1.16 bits per heavy atom. The number of piperazine rings is 1. The summed E-state index contributed by atoms with van der Waals surface area (Å²) >= 11 is 18.4. The summed E-state index contributed by atoms with van der Waals surface area (Å²) in [4.78, 5) is 16.3. The predicted octanol–water partition coefficient (Wildman–Crippen LogP) is 3.29. The van der Waals surface area contributed by atoms with E-state index in [1.165, 1.54) is 0 Å². The second-order valence-electron chi connectivity index (χ2n) is 6.30. The zero-order valence-corrected chi connectivity index (χ0v) is 16.9. The van der Waals surface area contributed by atoms with E-state index in [4.69, 9.17) is 39.5 Å². The van der Waals surface area contributed by atoms with Crippen molar-refractivity contribution in [3.05, 3.63) is 24.3 Å². The lowest BCUT2D eigenvalue weighted by Crippen LogP contribution is -2.61. The third-order valence-electron chi connectivity index (χ3n) is 4.22. The van der Waals surface area contributed by atoms with Gasteiger partial charge in [0.15, 0.2) is 0 Å². The number of halogens is 3. The lowest BCUT2D eigenvalue weighted by atomic mass is 10.2. The minimum atomic E-state index is -1.60. The number of para-hydroxylation sites is 2. The lowest BCUT2D eigenvalue weighted by molar-refractivity contribution is -0.126. The molecule has 5 nitrogen and oxygen atoms in total. The average molecular weight is 409 g/mol. The van der Waals surface area contributed by atoms with Crippen LogP contribution in [0.2, 0.25) is 0 Å². The molecule has 1 fully saturated rings. The molecule has 0 aliphatic carbocycles. The van der Waals surface area contributed by atoms with Crippen LogP contribution >= 0.6 is 34.8 Å². The van der Waals surface area contributed by atoms with Crippen LogP contribution in [0.5, 0.6) is 5.75 Å². The van der Waals surface area contributed by atoms with Gasteiger partial charge in [-0.25, -0.2) is 0 Å². The van der Waals surface area contributed by atoms with E-state index in [9.17, 15) is 4.79 Å². The summed E-state index contributed by atoms with van der Waals surface area (Å²) in [5.74, 6) is 0.523. The van der Waals surface area contributed by atoms with Gasteiger partial charge in [-0.1, -0.05) is 60.8 Å². The molecule has 0 aromatic heterocycles. The van der Waals surface area contributed by atoms with Gasteiger partial charge in [-0.05, 0) is 12.1 Å². The van der Waals surface area contributed by atoms with Crippen molar-refractivity contribution in [2.45, 2.75) is 23.8 Å². The molecular weight excluding hydrogens is 385 g/mol. The third kappa shape index (κ3) is 5.30. The van der Waals surface area contributed by atoms with Crippen molar-refractivity contribution in [1.29, 1.82) is 0 Å². The van der Waals surface area contributed by atoms with Gasteiger partial charge in [0.05, 0.1) is 12.8 Å². The Morgan fingerprint density at radius 3 is 2.28 bits per heavy atom. The van der Waals surface area contributed by atoms with Gasteiger partial charge in [0.1, 0.15) is 11.9 Å². The van der Waals surface area contributed by atoms with E-state index in [1.54, 1.807) is 7.11 Å². The number of carbonyl (C=O) groups excluding carboxylic acids is 1. The number of alkyl halides is 3. The predicted molar refractivity (Wildman–Crippen MR) is 104 cm³/mol. The molecular formula is C17H24Cl3N3O2. The molecule has 1 N–H and O–H groups in total. The van der Waals surface area contributed by atoms with Gasteiger partial charge in [-0.2, -0.15) is 0 Å². The number of nitrogens with zero attached hydrogens (tertiary/aromatic N) is 2. The number of amides is 1. The first kappa shape index (κ1) is 20.4. The van der Waals surface area contributed by atoms with Crippen LogP contribution in [0.1, 0.15) is 13.8 Å². The van der Waals surface area contributed by atoms with Gasteiger partial charge >= 0.3 is 0 Å². The minimum Gasteiger partial charge on any atom is -0.495 e. The molecule has 0 bridgehead atoms. The van der Waals surface area contributed by atoms with Crippen LogP contribution in [0, 0.1) is 5.92 Å². The second-order valence-corrected chi connectivity index (χ2v) is 8.67. The zero-order chi connectivity index (χ0) is 18.6. The zero-order valence-electron chi connectivity index (χ0n) is 14.6. The van der Waals surface area contributed by atoms with Gasteiger partial charge in [0.25, 0.3) is 0 Å². The maximum atomic E-state index is 12.1. The number of anilines is 1. The maximum absolute atomic E-state index is 12.1. The van der Waals surface area contributed by atoms with Crippen LogP contribution < -0.4 is 15.0 Å². The summed E-state index contributed by atoms with van der Waals surface area (Å²) in [5.41, 5.74) is 1.04. The van der Waals surface area contributed by atoms with E-state index in [-0.39, 0.29) is 11.8 Å².